The van der Waals surface area contributed by atoms with E-state index >= 15 is 0 Å². The average molecular weight is 261 g/mol. The van der Waals surface area contributed by atoms with Crippen LogP contribution < -0.4 is 5.32 Å². The van der Waals surface area contributed by atoms with Crippen molar-refractivity contribution in [2.45, 2.75) is 70.9 Å². The summed E-state index contributed by atoms with van der Waals surface area (Å²) in [7, 11) is 0. The van der Waals surface area contributed by atoms with E-state index in [1.54, 1.807) is 0 Å². The summed E-state index contributed by atoms with van der Waals surface area (Å²) in [4.78, 5) is 8.15. The highest BCUT2D eigenvalue weighted by Gasteiger charge is 2.26. The topological polar surface area (TPSA) is 40.7 Å². The molecule has 0 aliphatic heterocycles. The van der Waals surface area contributed by atoms with E-state index in [1.807, 2.05) is 6.20 Å². The van der Waals surface area contributed by atoms with Crippen LogP contribution in [0.15, 0.2) is 6.20 Å². The molecule has 19 heavy (non-hydrogen) atoms. The first-order valence-corrected chi connectivity index (χ1v) is 7.99. The molecule has 1 aromatic rings. The predicted octanol–water partition coefficient (Wildman–Crippen LogP) is 3.59. The molecule has 0 spiro atoms. The molecule has 2 saturated carbocycles. The second kappa shape index (κ2) is 5.66. The van der Waals surface area contributed by atoms with E-state index < -0.39 is 0 Å². The lowest BCUT2D eigenvalue weighted by Crippen LogP contribution is -2.18. The molecule has 0 aromatic carbocycles. The smallest absolute Gasteiger partial charge is 0.109 e. The third kappa shape index (κ3) is 3.38. The molecule has 0 atom stereocenters. The molecule has 2 aliphatic carbocycles. The number of H-pyrrole nitrogens is 1. The first-order chi connectivity index (χ1) is 9.22. The molecule has 3 nitrogen and oxygen atoms in total. The molecule has 1 aromatic heterocycles. The van der Waals surface area contributed by atoms with Gasteiger partial charge in [-0.2, -0.15) is 0 Å². The number of nitrogens with zero attached hydrogens (tertiary/aromatic N) is 1. The van der Waals surface area contributed by atoms with Crippen LogP contribution in [0.3, 0.4) is 0 Å². The fraction of sp³-hybridized carbons (Fsp3) is 0.812. The molecule has 2 aliphatic rings. The van der Waals surface area contributed by atoms with Crippen LogP contribution in [0.1, 0.15) is 69.8 Å². The summed E-state index contributed by atoms with van der Waals surface area (Å²) < 4.78 is 0. The molecule has 106 valence electrons. The van der Waals surface area contributed by atoms with Gasteiger partial charge in [0.25, 0.3) is 0 Å². The molecule has 0 bridgehead atoms. The minimum Gasteiger partial charge on any atom is -0.345 e. The lowest BCUT2D eigenvalue weighted by atomic mass is 9.77. The monoisotopic (exact) mass is 261 g/mol. The molecule has 0 amide bonds. The summed E-state index contributed by atoms with van der Waals surface area (Å²) in [5.41, 5.74) is 1.26. The van der Waals surface area contributed by atoms with Crippen molar-refractivity contribution in [3.63, 3.8) is 0 Å². The number of hydrogen-bond acceptors (Lipinski definition) is 2. The van der Waals surface area contributed by atoms with Crippen molar-refractivity contribution in [1.29, 1.82) is 0 Å². The second-order valence-corrected chi connectivity index (χ2v) is 6.80. The highest BCUT2D eigenvalue weighted by molar-refractivity contribution is 5.07. The van der Waals surface area contributed by atoms with E-state index in [0.29, 0.717) is 5.92 Å². The van der Waals surface area contributed by atoms with Gasteiger partial charge in [-0.05, 0) is 50.4 Å². The molecule has 0 radical (unpaired) electrons. The summed E-state index contributed by atoms with van der Waals surface area (Å²) in [5, 5.41) is 3.54. The van der Waals surface area contributed by atoms with E-state index in [9.17, 15) is 0 Å². The highest BCUT2D eigenvalue weighted by Crippen LogP contribution is 2.37. The van der Waals surface area contributed by atoms with Crippen LogP contribution in [0, 0.1) is 11.8 Å². The predicted molar refractivity (Wildman–Crippen MR) is 78.0 cm³/mol. The minimum atomic E-state index is 0.671. The van der Waals surface area contributed by atoms with E-state index in [2.05, 4.69) is 29.1 Å². The Kier molecular flexibility index (Phi) is 3.92. The maximum absolute atomic E-state index is 4.61. The molecule has 3 heteroatoms. The lowest BCUT2D eigenvalue weighted by Gasteiger charge is -2.29. The van der Waals surface area contributed by atoms with E-state index in [-0.39, 0.29) is 0 Å². The number of hydrogen-bond donors (Lipinski definition) is 2. The van der Waals surface area contributed by atoms with Gasteiger partial charge < -0.3 is 10.3 Å². The molecule has 0 unspecified atom stereocenters. The fourth-order valence-electron chi connectivity index (χ4n) is 3.27. The molecule has 1 heterocycles. The van der Waals surface area contributed by atoms with Gasteiger partial charge in [0, 0.05) is 30.4 Å². The molecular weight excluding hydrogens is 234 g/mol. The van der Waals surface area contributed by atoms with Crippen LogP contribution in [-0.2, 0) is 6.54 Å². The van der Waals surface area contributed by atoms with Crippen molar-refractivity contribution in [3.05, 3.63) is 17.7 Å². The summed E-state index contributed by atoms with van der Waals surface area (Å²) >= 11 is 0. The van der Waals surface area contributed by atoms with Gasteiger partial charge in [0.1, 0.15) is 5.82 Å². The van der Waals surface area contributed by atoms with Gasteiger partial charge in [-0.3, -0.25) is 0 Å². The minimum absolute atomic E-state index is 0.671. The Bertz CT molecular complexity index is 398. The van der Waals surface area contributed by atoms with Gasteiger partial charge in [-0.1, -0.05) is 13.8 Å². The quantitative estimate of drug-likeness (QED) is 0.850. The maximum Gasteiger partial charge on any atom is 0.109 e. The first-order valence-electron chi connectivity index (χ1n) is 7.99. The Morgan fingerprint density at radius 1 is 1.21 bits per heavy atom. The van der Waals surface area contributed by atoms with Crippen LogP contribution in [0.5, 0.6) is 0 Å². The number of aromatic amines is 1. The van der Waals surface area contributed by atoms with Gasteiger partial charge in [0.05, 0.1) is 0 Å². The average Bonchev–Trinajstić information content (AvgIpc) is 3.13. The summed E-state index contributed by atoms with van der Waals surface area (Å²) in [6.07, 6.45) is 10.1. The molecule has 2 fully saturated rings. The van der Waals surface area contributed by atoms with Crippen LogP contribution in [0.2, 0.25) is 0 Å². The number of aromatic nitrogens is 2. The van der Waals surface area contributed by atoms with Crippen molar-refractivity contribution < 1.29 is 0 Å². The Morgan fingerprint density at radius 2 is 1.95 bits per heavy atom. The fourth-order valence-corrected chi connectivity index (χ4v) is 3.27. The number of nitrogens with one attached hydrogen (secondary N) is 2. The van der Waals surface area contributed by atoms with Crippen LogP contribution >= 0.6 is 0 Å². The van der Waals surface area contributed by atoms with Crippen molar-refractivity contribution in [2.24, 2.45) is 11.8 Å². The zero-order valence-corrected chi connectivity index (χ0v) is 12.3. The SMILES string of the molecule is CC(C)C1CCC(c2ncc(CNC3CC3)[nH]2)CC1. The standard InChI is InChI=1S/C16H27N3/c1-11(2)12-3-5-13(6-4-12)16-18-10-15(19-16)9-17-14-7-8-14/h10-14,17H,3-9H2,1-2H3,(H,18,19). The van der Waals surface area contributed by atoms with Gasteiger partial charge in [0.2, 0.25) is 0 Å². The molecule has 0 saturated heterocycles. The first kappa shape index (κ1) is 13.2. The summed E-state index contributed by atoms with van der Waals surface area (Å²) in [6, 6.07) is 0.772. The van der Waals surface area contributed by atoms with Gasteiger partial charge >= 0.3 is 0 Å². The zero-order chi connectivity index (χ0) is 13.2. The summed E-state index contributed by atoms with van der Waals surface area (Å²) in [5.74, 6) is 3.68. The van der Waals surface area contributed by atoms with Crippen molar-refractivity contribution >= 4 is 0 Å². The van der Waals surface area contributed by atoms with Crippen LogP contribution in [-0.4, -0.2) is 16.0 Å². The van der Waals surface area contributed by atoms with E-state index in [1.165, 1.54) is 50.0 Å². The van der Waals surface area contributed by atoms with Crippen molar-refractivity contribution in [2.75, 3.05) is 0 Å². The van der Waals surface area contributed by atoms with E-state index in [0.717, 1.165) is 24.4 Å². The maximum atomic E-state index is 4.61. The Hall–Kier alpha value is -0.830. The molecular formula is C16H27N3. The Morgan fingerprint density at radius 3 is 2.58 bits per heavy atom. The number of imidazole rings is 1. The largest absolute Gasteiger partial charge is 0.345 e. The lowest BCUT2D eigenvalue weighted by molar-refractivity contribution is 0.255. The van der Waals surface area contributed by atoms with Crippen molar-refractivity contribution in [1.82, 2.24) is 15.3 Å². The van der Waals surface area contributed by atoms with E-state index in [4.69, 9.17) is 0 Å². The zero-order valence-electron chi connectivity index (χ0n) is 12.3. The molecule has 2 N–H and O–H groups in total. The normalized spacial score (nSPS) is 27.9. The van der Waals surface area contributed by atoms with Crippen LogP contribution in [0.4, 0.5) is 0 Å². The number of rotatable bonds is 5. The van der Waals surface area contributed by atoms with Gasteiger partial charge in [-0.15, -0.1) is 0 Å². The Labute approximate surface area is 116 Å². The highest BCUT2D eigenvalue weighted by atomic mass is 15.0. The van der Waals surface area contributed by atoms with Crippen molar-refractivity contribution in [3.8, 4) is 0 Å². The third-order valence-electron chi connectivity index (χ3n) is 4.91. The summed E-state index contributed by atoms with van der Waals surface area (Å²) in [6.45, 7) is 5.68. The van der Waals surface area contributed by atoms with Gasteiger partial charge in [0.15, 0.2) is 0 Å². The Balaban J connectivity index is 1.51. The molecule has 3 rings (SSSR count). The second-order valence-electron chi connectivity index (χ2n) is 6.80. The third-order valence-corrected chi connectivity index (χ3v) is 4.91. The van der Waals surface area contributed by atoms with Gasteiger partial charge in [-0.25, -0.2) is 4.98 Å². The van der Waals surface area contributed by atoms with Crippen LogP contribution in [0.25, 0.3) is 0 Å².